The van der Waals surface area contributed by atoms with Gasteiger partial charge in [-0.15, -0.1) is 0 Å². The first-order valence-corrected chi connectivity index (χ1v) is 6.06. The van der Waals surface area contributed by atoms with Crippen LogP contribution < -0.4 is 4.74 Å². The zero-order chi connectivity index (χ0) is 14.4. The molecule has 0 aromatic heterocycles. The van der Waals surface area contributed by atoms with Crippen molar-refractivity contribution in [1.29, 1.82) is 0 Å². The van der Waals surface area contributed by atoms with E-state index in [4.69, 9.17) is 4.74 Å². The highest BCUT2D eigenvalue weighted by Crippen LogP contribution is 2.21. The number of hydrogen-bond acceptors (Lipinski definition) is 4. The summed E-state index contributed by atoms with van der Waals surface area (Å²) in [5.41, 5.74) is 0.752. The maximum absolute atomic E-state index is 13.2. The highest BCUT2D eigenvalue weighted by molar-refractivity contribution is 5.72. The first-order valence-electron chi connectivity index (χ1n) is 6.06. The van der Waals surface area contributed by atoms with Crippen molar-refractivity contribution in [3.8, 4) is 5.75 Å². The fraction of sp³-hybridized carbons (Fsp3) is 0.500. The number of hydrogen-bond donors (Lipinski definition) is 0. The summed E-state index contributed by atoms with van der Waals surface area (Å²) in [5.74, 6) is -0.142. The molecule has 0 aliphatic heterocycles. The van der Waals surface area contributed by atoms with Gasteiger partial charge in [-0.2, -0.15) is 0 Å². The smallest absolute Gasteiger partial charge is 0.309 e. The number of carbonyl (C=O) groups is 1. The second-order valence-electron chi connectivity index (χ2n) is 4.58. The molecule has 0 bridgehead atoms. The van der Waals surface area contributed by atoms with E-state index in [0.29, 0.717) is 18.8 Å². The van der Waals surface area contributed by atoms with Gasteiger partial charge in [-0.1, -0.05) is 6.92 Å². The van der Waals surface area contributed by atoms with Crippen molar-refractivity contribution in [3.05, 3.63) is 29.6 Å². The van der Waals surface area contributed by atoms with Crippen LogP contribution in [0.25, 0.3) is 0 Å². The zero-order valence-electron chi connectivity index (χ0n) is 11.8. The van der Waals surface area contributed by atoms with Crippen molar-refractivity contribution in [1.82, 2.24) is 4.90 Å². The van der Waals surface area contributed by atoms with Gasteiger partial charge in [0.15, 0.2) is 0 Å². The molecule has 0 aliphatic rings. The third-order valence-corrected chi connectivity index (χ3v) is 2.87. The van der Waals surface area contributed by atoms with Crippen molar-refractivity contribution in [3.63, 3.8) is 0 Å². The van der Waals surface area contributed by atoms with Crippen LogP contribution in [-0.4, -0.2) is 38.7 Å². The lowest BCUT2D eigenvalue weighted by atomic mass is 10.1. The molecule has 0 radical (unpaired) electrons. The Morgan fingerprint density at radius 3 is 2.68 bits per heavy atom. The molecule has 0 saturated carbocycles. The van der Waals surface area contributed by atoms with Gasteiger partial charge in [-0.05, 0) is 25.2 Å². The standard InChI is InChI=1S/C14H20FNO3/c1-10(14(17)19-4)8-16(2)9-11-7-12(15)5-6-13(11)18-3/h5-7,10H,8-9H2,1-4H3. The summed E-state index contributed by atoms with van der Waals surface area (Å²) in [6.07, 6.45) is 0. The summed E-state index contributed by atoms with van der Waals surface area (Å²) < 4.78 is 23.1. The predicted molar refractivity (Wildman–Crippen MR) is 70.5 cm³/mol. The molecule has 0 amide bonds. The minimum atomic E-state index is -0.301. The SMILES string of the molecule is COC(=O)C(C)CN(C)Cc1cc(F)ccc1OC. The van der Waals surface area contributed by atoms with Crippen LogP contribution in [0.4, 0.5) is 4.39 Å². The van der Waals surface area contributed by atoms with E-state index < -0.39 is 0 Å². The normalized spacial score (nSPS) is 12.3. The number of carbonyl (C=O) groups excluding carboxylic acids is 1. The van der Waals surface area contributed by atoms with E-state index in [1.165, 1.54) is 19.2 Å². The Kier molecular flexibility index (Phi) is 5.76. The molecule has 19 heavy (non-hydrogen) atoms. The number of rotatable bonds is 6. The van der Waals surface area contributed by atoms with Crippen LogP contribution in [-0.2, 0) is 16.1 Å². The van der Waals surface area contributed by atoms with Gasteiger partial charge in [0.05, 0.1) is 20.1 Å². The van der Waals surface area contributed by atoms with Gasteiger partial charge in [-0.25, -0.2) is 4.39 Å². The fourth-order valence-corrected chi connectivity index (χ4v) is 1.97. The average molecular weight is 269 g/mol. The summed E-state index contributed by atoms with van der Waals surface area (Å²) in [6.45, 7) is 2.83. The summed E-state index contributed by atoms with van der Waals surface area (Å²) in [6, 6.07) is 4.40. The number of benzene rings is 1. The highest BCUT2D eigenvalue weighted by Gasteiger charge is 2.16. The molecule has 106 valence electrons. The summed E-state index contributed by atoms with van der Waals surface area (Å²) in [5, 5.41) is 0. The fourth-order valence-electron chi connectivity index (χ4n) is 1.97. The zero-order valence-corrected chi connectivity index (χ0v) is 11.8. The Morgan fingerprint density at radius 1 is 1.42 bits per heavy atom. The molecule has 0 fully saturated rings. The van der Waals surface area contributed by atoms with E-state index >= 15 is 0 Å². The molecule has 0 N–H and O–H groups in total. The third kappa shape index (κ3) is 4.52. The lowest BCUT2D eigenvalue weighted by Gasteiger charge is -2.21. The minimum absolute atomic E-state index is 0.227. The molecule has 1 unspecified atom stereocenters. The molecule has 5 heteroatoms. The number of halogens is 1. The largest absolute Gasteiger partial charge is 0.496 e. The topological polar surface area (TPSA) is 38.8 Å². The molecular weight excluding hydrogens is 249 g/mol. The Balaban J connectivity index is 2.68. The maximum Gasteiger partial charge on any atom is 0.309 e. The second-order valence-corrected chi connectivity index (χ2v) is 4.58. The average Bonchev–Trinajstić information content (AvgIpc) is 2.37. The number of ether oxygens (including phenoxy) is 2. The number of nitrogens with zero attached hydrogens (tertiary/aromatic N) is 1. The first kappa shape index (κ1) is 15.4. The molecule has 0 heterocycles. The van der Waals surface area contributed by atoms with Crippen molar-refractivity contribution in [2.24, 2.45) is 5.92 Å². The molecule has 1 rings (SSSR count). The first-order chi connectivity index (χ1) is 8.97. The molecule has 1 atom stereocenters. The Hall–Kier alpha value is -1.62. The van der Waals surface area contributed by atoms with Gasteiger partial charge in [0.2, 0.25) is 0 Å². The molecule has 0 spiro atoms. The van der Waals surface area contributed by atoms with Gasteiger partial charge in [0.1, 0.15) is 11.6 Å². The van der Waals surface area contributed by atoms with Crippen LogP contribution in [0.15, 0.2) is 18.2 Å². The summed E-state index contributed by atoms with van der Waals surface area (Å²) in [7, 11) is 4.78. The summed E-state index contributed by atoms with van der Waals surface area (Å²) in [4.78, 5) is 13.3. The second kappa shape index (κ2) is 7.09. The Bertz CT molecular complexity index is 437. The molecule has 4 nitrogen and oxygen atoms in total. The maximum atomic E-state index is 13.2. The van der Waals surface area contributed by atoms with Crippen LogP contribution in [0, 0.1) is 11.7 Å². The van der Waals surface area contributed by atoms with Gasteiger partial charge >= 0.3 is 5.97 Å². The van der Waals surface area contributed by atoms with E-state index in [1.807, 2.05) is 11.9 Å². The summed E-state index contributed by atoms with van der Waals surface area (Å²) >= 11 is 0. The molecule has 1 aromatic rings. The van der Waals surface area contributed by atoms with E-state index in [2.05, 4.69) is 4.74 Å². The number of methoxy groups -OCH3 is 2. The van der Waals surface area contributed by atoms with Crippen molar-refractivity contribution in [2.75, 3.05) is 27.8 Å². The van der Waals surface area contributed by atoms with E-state index in [1.54, 1.807) is 20.1 Å². The van der Waals surface area contributed by atoms with Crippen molar-refractivity contribution < 1.29 is 18.7 Å². The number of esters is 1. The Morgan fingerprint density at radius 2 is 2.11 bits per heavy atom. The monoisotopic (exact) mass is 269 g/mol. The van der Waals surface area contributed by atoms with Gasteiger partial charge in [-0.3, -0.25) is 4.79 Å². The van der Waals surface area contributed by atoms with E-state index in [-0.39, 0.29) is 17.7 Å². The van der Waals surface area contributed by atoms with Crippen LogP contribution in [0.3, 0.4) is 0 Å². The lowest BCUT2D eigenvalue weighted by Crippen LogP contribution is -2.29. The molecular formula is C14H20FNO3. The van der Waals surface area contributed by atoms with Gasteiger partial charge in [0, 0.05) is 18.7 Å². The third-order valence-electron chi connectivity index (χ3n) is 2.87. The predicted octanol–water partition coefficient (Wildman–Crippen LogP) is 2.08. The highest BCUT2D eigenvalue weighted by atomic mass is 19.1. The Labute approximate surface area is 113 Å². The van der Waals surface area contributed by atoms with E-state index in [9.17, 15) is 9.18 Å². The van der Waals surface area contributed by atoms with Crippen LogP contribution in [0.2, 0.25) is 0 Å². The van der Waals surface area contributed by atoms with E-state index in [0.717, 1.165) is 5.56 Å². The quantitative estimate of drug-likeness (QED) is 0.741. The van der Waals surface area contributed by atoms with Crippen molar-refractivity contribution in [2.45, 2.75) is 13.5 Å². The molecule has 0 saturated heterocycles. The van der Waals surface area contributed by atoms with Gasteiger partial charge in [0.25, 0.3) is 0 Å². The van der Waals surface area contributed by atoms with Crippen LogP contribution >= 0.6 is 0 Å². The lowest BCUT2D eigenvalue weighted by molar-refractivity contribution is -0.145. The van der Waals surface area contributed by atoms with Gasteiger partial charge < -0.3 is 14.4 Å². The molecule has 0 aliphatic carbocycles. The van der Waals surface area contributed by atoms with Crippen molar-refractivity contribution >= 4 is 5.97 Å². The minimum Gasteiger partial charge on any atom is -0.496 e. The van der Waals surface area contributed by atoms with Crippen LogP contribution in [0.5, 0.6) is 5.75 Å². The molecule has 1 aromatic carbocycles. The van der Waals surface area contributed by atoms with Crippen LogP contribution in [0.1, 0.15) is 12.5 Å².